The Hall–Kier alpha value is -2.16. The van der Waals surface area contributed by atoms with Crippen LogP contribution in [0.25, 0.3) is 0 Å². The second-order valence-electron chi connectivity index (χ2n) is 5.02. The normalized spacial score (nSPS) is 16.7. The number of fused-ring (bicyclic) bond motifs is 1. The molecule has 0 amide bonds. The summed E-state index contributed by atoms with van der Waals surface area (Å²) in [6.07, 6.45) is 4.05. The molecule has 20 heavy (non-hydrogen) atoms. The van der Waals surface area contributed by atoms with Gasteiger partial charge in [0.1, 0.15) is 11.5 Å². The maximum absolute atomic E-state index is 12.3. The van der Waals surface area contributed by atoms with Gasteiger partial charge in [-0.3, -0.25) is 9.78 Å². The number of aromatic nitrogens is 1. The minimum Gasteiger partial charge on any atom is -0.493 e. The maximum atomic E-state index is 12.3. The molecule has 0 spiro atoms. The Morgan fingerprint density at radius 1 is 1.20 bits per heavy atom. The molecule has 1 unspecified atom stereocenters. The fourth-order valence-corrected chi connectivity index (χ4v) is 2.69. The van der Waals surface area contributed by atoms with E-state index in [1.165, 1.54) is 5.56 Å². The molecular formula is C17H17NO2. The van der Waals surface area contributed by atoms with Crippen LogP contribution in [0.3, 0.4) is 0 Å². The number of benzene rings is 1. The molecular weight excluding hydrogens is 250 g/mol. The van der Waals surface area contributed by atoms with E-state index in [0.29, 0.717) is 13.0 Å². The molecule has 102 valence electrons. The third-order valence-electron chi connectivity index (χ3n) is 3.71. The van der Waals surface area contributed by atoms with Gasteiger partial charge in [0, 0.05) is 12.6 Å². The highest BCUT2D eigenvalue weighted by molar-refractivity contribution is 5.86. The number of para-hydroxylation sites is 1. The number of nitrogens with zero attached hydrogens (tertiary/aromatic N) is 1. The van der Waals surface area contributed by atoms with Gasteiger partial charge in [-0.25, -0.2) is 0 Å². The highest BCUT2D eigenvalue weighted by atomic mass is 16.5. The number of hydrogen-bond acceptors (Lipinski definition) is 3. The second-order valence-corrected chi connectivity index (χ2v) is 5.02. The standard InChI is InChI=1S/C17H17NO2/c19-16(10-12-20-14-6-2-1-3-7-14)15-9-8-13-5-4-11-18-17(13)15/h1-7,11,15H,8-10,12H2. The Labute approximate surface area is 118 Å². The van der Waals surface area contributed by atoms with Crippen LogP contribution in [-0.2, 0) is 11.2 Å². The third-order valence-corrected chi connectivity index (χ3v) is 3.71. The van der Waals surface area contributed by atoms with Gasteiger partial charge in [-0.05, 0) is 36.6 Å². The summed E-state index contributed by atoms with van der Waals surface area (Å²) in [6, 6.07) is 13.6. The van der Waals surface area contributed by atoms with E-state index < -0.39 is 0 Å². The first-order valence-electron chi connectivity index (χ1n) is 6.99. The lowest BCUT2D eigenvalue weighted by Gasteiger charge is -2.10. The van der Waals surface area contributed by atoms with Crippen molar-refractivity contribution in [1.29, 1.82) is 0 Å². The van der Waals surface area contributed by atoms with E-state index in [9.17, 15) is 4.79 Å². The largest absolute Gasteiger partial charge is 0.493 e. The van der Waals surface area contributed by atoms with Crippen molar-refractivity contribution in [2.75, 3.05) is 6.61 Å². The highest BCUT2D eigenvalue weighted by Crippen LogP contribution is 2.32. The molecule has 1 aromatic heterocycles. The van der Waals surface area contributed by atoms with Gasteiger partial charge in [-0.1, -0.05) is 24.3 Å². The lowest BCUT2D eigenvalue weighted by atomic mass is 9.99. The van der Waals surface area contributed by atoms with Gasteiger partial charge >= 0.3 is 0 Å². The molecule has 0 saturated carbocycles. The molecule has 3 nitrogen and oxygen atoms in total. The molecule has 3 rings (SSSR count). The van der Waals surface area contributed by atoms with E-state index >= 15 is 0 Å². The average molecular weight is 267 g/mol. The first-order chi connectivity index (χ1) is 9.84. The van der Waals surface area contributed by atoms with Crippen molar-refractivity contribution in [3.63, 3.8) is 0 Å². The van der Waals surface area contributed by atoms with E-state index in [1.807, 2.05) is 36.4 Å². The average Bonchev–Trinajstić information content (AvgIpc) is 2.92. The third kappa shape index (κ3) is 2.72. The zero-order valence-corrected chi connectivity index (χ0v) is 11.3. The predicted molar refractivity (Wildman–Crippen MR) is 76.9 cm³/mol. The number of carbonyl (C=O) groups excluding carboxylic acids is 1. The summed E-state index contributed by atoms with van der Waals surface area (Å²) in [5.74, 6) is 1.01. The molecule has 0 fully saturated rings. The fraction of sp³-hybridized carbons (Fsp3) is 0.294. The Morgan fingerprint density at radius 2 is 2.05 bits per heavy atom. The lowest BCUT2D eigenvalue weighted by molar-refractivity contribution is -0.121. The molecule has 1 heterocycles. The smallest absolute Gasteiger partial charge is 0.145 e. The van der Waals surface area contributed by atoms with Gasteiger partial charge in [0.05, 0.1) is 18.2 Å². The number of pyridine rings is 1. The molecule has 1 aromatic carbocycles. The van der Waals surface area contributed by atoms with Gasteiger partial charge in [-0.15, -0.1) is 0 Å². The minimum absolute atomic E-state index is 0.0365. The molecule has 0 radical (unpaired) electrons. The number of Topliss-reactive ketones (excluding diaryl/α,β-unsaturated/α-hetero) is 1. The van der Waals surface area contributed by atoms with Crippen LogP contribution in [0.2, 0.25) is 0 Å². The summed E-state index contributed by atoms with van der Waals surface area (Å²) in [5, 5.41) is 0. The van der Waals surface area contributed by atoms with Crippen LogP contribution in [0.5, 0.6) is 5.75 Å². The first-order valence-corrected chi connectivity index (χ1v) is 6.99. The van der Waals surface area contributed by atoms with Crippen molar-refractivity contribution in [3.8, 4) is 5.75 Å². The van der Waals surface area contributed by atoms with Crippen LogP contribution < -0.4 is 4.74 Å². The topological polar surface area (TPSA) is 39.2 Å². The zero-order chi connectivity index (χ0) is 13.8. The van der Waals surface area contributed by atoms with Gasteiger partial charge in [0.2, 0.25) is 0 Å². The first kappa shape index (κ1) is 12.9. The van der Waals surface area contributed by atoms with Crippen LogP contribution in [0.1, 0.15) is 30.0 Å². The van der Waals surface area contributed by atoms with Gasteiger partial charge in [-0.2, -0.15) is 0 Å². The van der Waals surface area contributed by atoms with Crippen LogP contribution in [-0.4, -0.2) is 17.4 Å². The molecule has 0 bridgehead atoms. The number of ketones is 1. The Balaban J connectivity index is 1.56. The van der Waals surface area contributed by atoms with Crippen molar-refractivity contribution in [1.82, 2.24) is 4.98 Å². The van der Waals surface area contributed by atoms with Crippen LogP contribution in [0, 0.1) is 0 Å². The lowest BCUT2D eigenvalue weighted by Crippen LogP contribution is -2.14. The molecule has 0 N–H and O–H groups in total. The van der Waals surface area contributed by atoms with Crippen molar-refractivity contribution in [3.05, 3.63) is 59.9 Å². The number of rotatable bonds is 5. The maximum Gasteiger partial charge on any atom is 0.145 e. The van der Waals surface area contributed by atoms with E-state index in [0.717, 1.165) is 24.3 Å². The number of aryl methyl sites for hydroxylation is 1. The Kier molecular flexibility index (Phi) is 3.77. The number of ether oxygens (including phenoxy) is 1. The summed E-state index contributed by atoms with van der Waals surface area (Å²) >= 11 is 0. The van der Waals surface area contributed by atoms with E-state index in [4.69, 9.17) is 4.74 Å². The SMILES string of the molecule is O=C(CCOc1ccccc1)C1CCc2cccnc21. The molecule has 3 heteroatoms. The van der Waals surface area contributed by atoms with Crippen molar-refractivity contribution < 1.29 is 9.53 Å². The molecule has 1 aliphatic rings. The van der Waals surface area contributed by atoms with Crippen LogP contribution >= 0.6 is 0 Å². The number of carbonyl (C=O) groups is 1. The van der Waals surface area contributed by atoms with Crippen LogP contribution in [0.4, 0.5) is 0 Å². The zero-order valence-electron chi connectivity index (χ0n) is 11.3. The van der Waals surface area contributed by atoms with Crippen LogP contribution in [0.15, 0.2) is 48.7 Å². The summed E-state index contributed by atoms with van der Waals surface area (Å²) in [6.45, 7) is 0.432. The molecule has 2 aromatic rings. The Morgan fingerprint density at radius 3 is 2.90 bits per heavy atom. The Bertz CT molecular complexity index is 595. The quantitative estimate of drug-likeness (QED) is 0.835. The van der Waals surface area contributed by atoms with E-state index in [1.54, 1.807) is 6.20 Å². The van der Waals surface area contributed by atoms with Crippen molar-refractivity contribution >= 4 is 5.78 Å². The van der Waals surface area contributed by atoms with Crippen molar-refractivity contribution in [2.24, 2.45) is 0 Å². The molecule has 1 aliphatic carbocycles. The fourth-order valence-electron chi connectivity index (χ4n) is 2.69. The van der Waals surface area contributed by atoms with Crippen molar-refractivity contribution in [2.45, 2.75) is 25.2 Å². The minimum atomic E-state index is -0.0365. The molecule has 1 atom stereocenters. The van der Waals surface area contributed by atoms with Gasteiger partial charge < -0.3 is 4.74 Å². The van der Waals surface area contributed by atoms with E-state index in [2.05, 4.69) is 11.1 Å². The second kappa shape index (κ2) is 5.87. The van der Waals surface area contributed by atoms with E-state index in [-0.39, 0.29) is 11.7 Å². The molecule has 0 aliphatic heterocycles. The predicted octanol–water partition coefficient (Wildman–Crippen LogP) is 3.15. The summed E-state index contributed by atoms with van der Waals surface area (Å²) < 4.78 is 5.58. The number of hydrogen-bond donors (Lipinski definition) is 0. The molecule has 0 saturated heterocycles. The monoisotopic (exact) mass is 267 g/mol. The summed E-state index contributed by atoms with van der Waals surface area (Å²) in [4.78, 5) is 16.6. The van der Waals surface area contributed by atoms with Gasteiger partial charge in [0.15, 0.2) is 0 Å². The highest BCUT2D eigenvalue weighted by Gasteiger charge is 2.29. The van der Waals surface area contributed by atoms with Gasteiger partial charge in [0.25, 0.3) is 0 Å². The summed E-state index contributed by atoms with van der Waals surface area (Å²) in [7, 11) is 0. The summed E-state index contributed by atoms with van der Waals surface area (Å²) in [5.41, 5.74) is 2.19.